The van der Waals surface area contributed by atoms with Crippen LogP contribution in [0.2, 0.25) is 0 Å². The zero-order valence-corrected chi connectivity index (χ0v) is 12.9. The van der Waals surface area contributed by atoms with E-state index in [0.29, 0.717) is 5.56 Å². The number of halogens is 3. The third kappa shape index (κ3) is 3.94. The van der Waals surface area contributed by atoms with E-state index in [4.69, 9.17) is 15.8 Å². The molecule has 0 spiro atoms. The highest BCUT2D eigenvalue weighted by Crippen LogP contribution is 2.32. The van der Waals surface area contributed by atoms with Crippen molar-refractivity contribution in [2.75, 3.05) is 0 Å². The summed E-state index contributed by atoms with van der Waals surface area (Å²) in [5.41, 5.74) is 0.637. The first kappa shape index (κ1) is 14.9. The Bertz CT molecular complexity index is 514. The van der Waals surface area contributed by atoms with E-state index in [9.17, 15) is 13.2 Å². The molecule has 0 heterocycles. The molecule has 0 unspecified atom stereocenters. The molecule has 0 radical (unpaired) electrons. The molecule has 4 nitrogen and oxygen atoms in total. The SMILES string of the molecule is O=C(O)[C@H](Br)[C@H](Br)c1ccc(S(=O)(=O)Cl)cc1. The lowest BCUT2D eigenvalue weighted by atomic mass is 10.1. The Kier molecular flexibility index (Phi) is 5.00. The summed E-state index contributed by atoms with van der Waals surface area (Å²) in [5, 5.41) is 8.80. The molecule has 0 aliphatic heterocycles. The fraction of sp³-hybridized carbons (Fsp3) is 0.222. The minimum atomic E-state index is -3.75. The minimum absolute atomic E-state index is 0.0240. The van der Waals surface area contributed by atoms with Crippen LogP contribution >= 0.6 is 42.5 Å². The fourth-order valence-corrected chi connectivity index (χ4v) is 2.71. The molecule has 0 aromatic heterocycles. The second-order valence-electron chi connectivity index (χ2n) is 3.15. The molecule has 1 N–H and O–H groups in total. The van der Waals surface area contributed by atoms with E-state index < -0.39 is 24.7 Å². The predicted octanol–water partition coefficient (Wildman–Crippen LogP) is 2.90. The van der Waals surface area contributed by atoms with Gasteiger partial charge in [0.25, 0.3) is 9.05 Å². The Hall–Kier alpha value is -0.110. The highest BCUT2D eigenvalue weighted by Gasteiger charge is 2.24. The van der Waals surface area contributed by atoms with Crippen molar-refractivity contribution < 1.29 is 18.3 Å². The summed E-state index contributed by atoms with van der Waals surface area (Å²) in [5.74, 6) is -1.01. The average molecular weight is 406 g/mol. The topological polar surface area (TPSA) is 71.4 Å². The normalized spacial score (nSPS) is 15.2. The number of benzene rings is 1. The van der Waals surface area contributed by atoms with E-state index in [-0.39, 0.29) is 4.90 Å². The molecule has 8 heteroatoms. The molecule has 0 saturated carbocycles. The Balaban J connectivity index is 2.99. The summed E-state index contributed by atoms with van der Waals surface area (Å²) >= 11 is 6.23. The Labute approximate surface area is 120 Å². The molecule has 1 rings (SSSR count). The summed E-state index contributed by atoms with van der Waals surface area (Å²) in [6, 6.07) is 5.67. The molecule has 17 heavy (non-hydrogen) atoms. The van der Waals surface area contributed by atoms with Crippen LogP contribution in [-0.2, 0) is 13.8 Å². The van der Waals surface area contributed by atoms with Gasteiger partial charge in [-0.15, -0.1) is 0 Å². The van der Waals surface area contributed by atoms with Crippen LogP contribution in [0.1, 0.15) is 10.4 Å². The lowest BCUT2D eigenvalue weighted by Crippen LogP contribution is -2.17. The maximum Gasteiger partial charge on any atom is 0.318 e. The van der Waals surface area contributed by atoms with Gasteiger partial charge in [-0.2, -0.15) is 0 Å². The van der Waals surface area contributed by atoms with Gasteiger partial charge >= 0.3 is 5.97 Å². The number of alkyl halides is 2. The number of rotatable bonds is 4. The summed E-state index contributed by atoms with van der Waals surface area (Å²) < 4.78 is 22.0. The third-order valence-corrected chi connectivity index (χ3v) is 6.03. The lowest BCUT2D eigenvalue weighted by molar-refractivity contribution is -0.136. The van der Waals surface area contributed by atoms with Crippen LogP contribution in [0.4, 0.5) is 0 Å². The quantitative estimate of drug-likeness (QED) is 0.617. The van der Waals surface area contributed by atoms with Gasteiger partial charge in [0, 0.05) is 10.7 Å². The van der Waals surface area contributed by atoms with Crippen LogP contribution < -0.4 is 0 Å². The molecule has 1 aromatic carbocycles. The van der Waals surface area contributed by atoms with Crippen LogP contribution in [-0.4, -0.2) is 24.3 Å². The van der Waals surface area contributed by atoms with E-state index in [0.717, 1.165) is 0 Å². The van der Waals surface area contributed by atoms with Gasteiger partial charge in [0.15, 0.2) is 0 Å². The Morgan fingerprint density at radius 3 is 2.06 bits per heavy atom. The van der Waals surface area contributed by atoms with Crippen LogP contribution in [0.25, 0.3) is 0 Å². The van der Waals surface area contributed by atoms with Gasteiger partial charge in [-0.05, 0) is 17.7 Å². The molecular formula is C9H7Br2ClO4S. The van der Waals surface area contributed by atoms with Crippen molar-refractivity contribution >= 4 is 57.6 Å². The van der Waals surface area contributed by atoms with E-state index >= 15 is 0 Å². The Morgan fingerprint density at radius 2 is 1.71 bits per heavy atom. The molecular weight excluding hydrogens is 399 g/mol. The number of aliphatic carboxylic acids is 1. The van der Waals surface area contributed by atoms with E-state index in [1.54, 1.807) is 0 Å². The predicted molar refractivity (Wildman–Crippen MR) is 71.5 cm³/mol. The van der Waals surface area contributed by atoms with Crippen molar-refractivity contribution in [2.45, 2.75) is 14.5 Å². The van der Waals surface area contributed by atoms with E-state index in [1.807, 2.05) is 0 Å². The summed E-state index contributed by atoms with van der Waals surface area (Å²) in [7, 11) is 1.41. The molecule has 0 fully saturated rings. The minimum Gasteiger partial charge on any atom is -0.480 e. The van der Waals surface area contributed by atoms with Gasteiger partial charge in [0.05, 0.1) is 9.72 Å². The first-order valence-corrected chi connectivity index (χ1v) is 8.43. The number of hydrogen-bond acceptors (Lipinski definition) is 3. The molecule has 0 bridgehead atoms. The van der Waals surface area contributed by atoms with Crippen molar-refractivity contribution in [3.63, 3.8) is 0 Å². The van der Waals surface area contributed by atoms with E-state index in [1.165, 1.54) is 24.3 Å². The highest BCUT2D eigenvalue weighted by molar-refractivity contribution is 9.12. The molecule has 0 aliphatic rings. The zero-order valence-electron chi connectivity index (χ0n) is 8.18. The maximum absolute atomic E-state index is 11.0. The average Bonchev–Trinajstić information content (AvgIpc) is 2.26. The number of carbonyl (C=O) groups is 1. The van der Waals surface area contributed by atoms with Crippen LogP contribution in [0, 0.1) is 0 Å². The summed E-state index contributed by atoms with van der Waals surface area (Å²) in [4.78, 5) is 9.45. The lowest BCUT2D eigenvalue weighted by Gasteiger charge is -2.13. The maximum atomic E-state index is 11.0. The van der Waals surface area contributed by atoms with Crippen LogP contribution in [0.15, 0.2) is 29.2 Å². The monoisotopic (exact) mass is 404 g/mol. The van der Waals surface area contributed by atoms with E-state index in [2.05, 4.69) is 31.9 Å². The van der Waals surface area contributed by atoms with Gasteiger partial charge in [0.1, 0.15) is 4.83 Å². The summed E-state index contributed by atoms with van der Waals surface area (Å²) in [6.45, 7) is 0. The van der Waals surface area contributed by atoms with Crippen LogP contribution in [0.5, 0.6) is 0 Å². The molecule has 1 aromatic rings. The van der Waals surface area contributed by atoms with Gasteiger partial charge in [-0.1, -0.05) is 44.0 Å². The second-order valence-corrected chi connectivity index (χ2v) is 7.69. The highest BCUT2D eigenvalue weighted by atomic mass is 79.9. The van der Waals surface area contributed by atoms with Crippen LogP contribution in [0.3, 0.4) is 0 Å². The standard InChI is InChI=1S/C9H7Br2ClO4S/c10-7(8(11)9(13)14)5-1-3-6(4-2-5)17(12,15)16/h1-4,7-8H,(H,13,14)/t7-,8-/m1/s1. The van der Waals surface area contributed by atoms with Crippen molar-refractivity contribution in [3.8, 4) is 0 Å². The molecule has 0 saturated heterocycles. The molecule has 0 amide bonds. The van der Waals surface area contributed by atoms with Crippen molar-refractivity contribution in [1.29, 1.82) is 0 Å². The van der Waals surface area contributed by atoms with Gasteiger partial charge in [0.2, 0.25) is 0 Å². The van der Waals surface area contributed by atoms with Gasteiger partial charge in [-0.3, -0.25) is 4.79 Å². The van der Waals surface area contributed by atoms with Gasteiger partial charge < -0.3 is 5.11 Å². The first-order chi connectivity index (χ1) is 7.73. The van der Waals surface area contributed by atoms with Crippen molar-refractivity contribution in [2.24, 2.45) is 0 Å². The summed E-state index contributed by atoms with van der Waals surface area (Å²) in [6.07, 6.45) is 0. The fourth-order valence-electron chi connectivity index (χ4n) is 1.11. The molecule has 94 valence electrons. The third-order valence-electron chi connectivity index (χ3n) is 1.97. The first-order valence-electron chi connectivity index (χ1n) is 4.29. The number of hydrogen-bond donors (Lipinski definition) is 1. The zero-order chi connectivity index (χ0) is 13.2. The Morgan fingerprint density at radius 1 is 1.24 bits per heavy atom. The molecule has 0 aliphatic carbocycles. The molecule has 2 atom stereocenters. The van der Waals surface area contributed by atoms with Crippen molar-refractivity contribution in [1.82, 2.24) is 0 Å². The number of carboxylic acids is 1. The second kappa shape index (κ2) is 5.69. The largest absolute Gasteiger partial charge is 0.480 e. The smallest absolute Gasteiger partial charge is 0.318 e. The van der Waals surface area contributed by atoms with Crippen molar-refractivity contribution in [3.05, 3.63) is 29.8 Å². The van der Waals surface area contributed by atoms with Gasteiger partial charge in [-0.25, -0.2) is 8.42 Å². The number of carboxylic acid groups (broad SMARTS) is 1.